The van der Waals surface area contributed by atoms with Crippen molar-refractivity contribution in [2.24, 2.45) is 5.92 Å². The molecule has 2 rings (SSSR count). The highest BCUT2D eigenvalue weighted by Crippen LogP contribution is 2.23. The van der Waals surface area contributed by atoms with Gasteiger partial charge in [-0.3, -0.25) is 0 Å². The third kappa shape index (κ3) is 3.47. The Morgan fingerprint density at radius 2 is 2.28 bits per heavy atom. The smallest absolute Gasteiger partial charge is 0.240 e. The van der Waals surface area contributed by atoms with E-state index in [1.807, 2.05) is 11.8 Å². The third-order valence-electron chi connectivity index (χ3n) is 2.98. The summed E-state index contributed by atoms with van der Waals surface area (Å²) in [7, 11) is -3.45. The van der Waals surface area contributed by atoms with Crippen molar-refractivity contribution >= 4 is 21.8 Å². The number of sulfonamides is 1. The van der Waals surface area contributed by atoms with Crippen molar-refractivity contribution in [1.82, 2.24) is 4.72 Å². The Kier molecular flexibility index (Phi) is 4.66. The van der Waals surface area contributed by atoms with Crippen molar-refractivity contribution in [3.8, 4) is 0 Å². The number of nitrogens with one attached hydrogen (secondary N) is 1. The third-order valence-corrected chi connectivity index (χ3v) is 5.63. The van der Waals surface area contributed by atoms with E-state index >= 15 is 0 Å². The van der Waals surface area contributed by atoms with Gasteiger partial charge in [-0.15, -0.1) is 0 Å². The van der Waals surface area contributed by atoms with Crippen LogP contribution in [0.1, 0.15) is 12.0 Å². The van der Waals surface area contributed by atoms with E-state index in [0.717, 1.165) is 17.9 Å². The summed E-state index contributed by atoms with van der Waals surface area (Å²) < 4.78 is 26.8. The standard InChI is InChI=1S/C12H17NO3S2/c14-8-10-2-1-3-12(6-10)18(15,16)13-7-11-4-5-17-9-11/h1-3,6,11,13-14H,4-5,7-9H2. The number of rotatable bonds is 5. The first-order valence-corrected chi connectivity index (χ1v) is 8.53. The van der Waals surface area contributed by atoms with Crippen LogP contribution in [0.4, 0.5) is 0 Å². The van der Waals surface area contributed by atoms with Crippen LogP contribution in [0.15, 0.2) is 29.2 Å². The predicted molar refractivity (Wildman–Crippen MR) is 73.0 cm³/mol. The van der Waals surface area contributed by atoms with E-state index in [1.165, 1.54) is 6.07 Å². The number of hydrogen-bond acceptors (Lipinski definition) is 4. The maximum absolute atomic E-state index is 12.1. The molecule has 1 fully saturated rings. The highest BCUT2D eigenvalue weighted by Gasteiger charge is 2.20. The summed E-state index contributed by atoms with van der Waals surface area (Å²) in [6, 6.07) is 6.40. The van der Waals surface area contributed by atoms with Gasteiger partial charge in [-0.2, -0.15) is 11.8 Å². The Morgan fingerprint density at radius 3 is 2.94 bits per heavy atom. The number of hydrogen-bond donors (Lipinski definition) is 2. The van der Waals surface area contributed by atoms with E-state index in [0.29, 0.717) is 18.0 Å². The summed E-state index contributed by atoms with van der Waals surface area (Å²) in [6.07, 6.45) is 1.07. The molecule has 1 aliphatic rings. The molecule has 1 saturated heterocycles. The first-order valence-electron chi connectivity index (χ1n) is 5.89. The van der Waals surface area contributed by atoms with Crippen LogP contribution < -0.4 is 4.72 Å². The highest BCUT2D eigenvalue weighted by molar-refractivity contribution is 7.99. The molecule has 0 amide bonds. The second-order valence-corrected chi connectivity index (χ2v) is 7.30. The van der Waals surface area contributed by atoms with Gasteiger partial charge in [-0.05, 0) is 41.5 Å². The molecule has 1 aromatic rings. The molecule has 1 aliphatic heterocycles. The summed E-state index contributed by atoms with van der Waals surface area (Å²) in [6.45, 7) is 0.349. The van der Waals surface area contributed by atoms with Crippen LogP contribution in [0, 0.1) is 5.92 Å². The van der Waals surface area contributed by atoms with Crippen molar-refractivity contribution in [1.29, 1.82) is 0 Å². The lowest BCUT2D eigenvalue weighted by Crippen LogP contribution is -2.29. The van der Waals surface area contributed by atoms with Crippen LogP contribution in [0.5, 0.6) is 0 Å². The van der Waals surface area contributed by atoms with Gasteiger partial charge < -0.3 is 5.11 Å². The first-order chi connectivity index (χ1) is 8.62. The summed E-state index contributed by atoms with van der Waals surface area (Å²) in [5.74, 6) is 2.58. The zero-order valence-electron chi connectivity index (χ0n) is 10.0. The maximum atomic E-state index is 12.1. The zero-order valence-corrected chi connectivity index (χ0v) is 11.6. The first kappa shape index (κ1) is 13.9. The quantitative estimate of drug-likeness (QED) is 0.854. The second kappa shape index (κ2) is 6.06. The molecule has 6 heteroatoms. The van der Waals surface area contributed by atoms with Gasteiger partial charge in [-0.25, -0.2) is 13.1 Å². The lowest BCUT2D eigenvalue weighted by atomic mass is 10.1. The number of thioether (sulfide) groups is 1. The average Bonchev–Trinajstić information content (AvgIpc) is 2.90. The molecule has 1 aromatic carbocycles. The molecule has 18 heavy (non-hydrogen) atoms. The Hall–Kier alpha value is -0.560. The molecule has 1 unspecified atom stereocenters. The fourth-order valence-electron chi connectivity index (χ4n) is 1.87. The maximum Gasteiger partial charge on any atom is 0.240 e. The zero-order chi connectivity index (χ0) is 13.0. The largest absolute Gasteiger partial charge is 0.392 e. The van der Waals surface area contributed by atoms with Crippen molar-refractivity contribution in [2.45, 2.75) is 17.9 Å². The van der Waals surface area contributed by atoms with E-state index in [9.17, 15) is 8.42 Å². The van der Waals surface area contributed by atoms with Crippen LogP contribution in [0.3, 0.4) is 0 Å². The van der Waals surface area contributed by atoms with Crippen LogP contribution in [-0.2, 0) is 16.6 Å². The Morgan fingerprint density at radius 1 is 1.44 bits per heavy atom. The summed E-state index contributed by atoms with van der Waals surface area (Å²) in [5.41, 5.74) is 0.606. The van der Waals surface area contributed by atoms with Gasteiger partial charge in [0.05, 0.1) is 11.5 Å². The Balaban J connectivity index is 2.04. The summed E-state index contributed by atoms with van der Waals surface area (Å²) in [5, 5.41) is 9.01. The number of aliphatic hydroxyl groups is 1. The average molecular weight is 287 g/mol. The second-order valence-electron chi connectivity index (χ2n) is 4.39. The topological polar surface area (TPSA) is 66.4 Å². The van der Waals surface area contributed by atoms with E-state index in [-0.39, 0.29) is 11.5 Å². The highest BCUT2D eigenvalue weighted by atomic mass is 32.2. The monoisotopic (exact) mass is 287 g/mol. The fraction of sp³-hybridized carbons (Fsp3) is 0.500. The van der Waals surface area contributed by atoms with Crippen molar-refractivity contribution < 1.29 is 13.5 Å². The molecule has 4 nitrogen and oxygen atoms in total. The van der Waals surface area contributed by atoms with Crippen LogP contribution in [0.25, 0.3) is 0 Å². The predicted octanol–water partition coefficient (Wildman–Crippen LogP) is 1.21. The minimum atomic E-state index is -3.45. The van der Waals surface area contributed by atoms with Crippen molar-refractivity contribution in [3.05, 3.63) is 29.8 Å². The fourth-order valence-corrected chi connectivity index (χ4v) is 4.34. The minimum absolute atomic E-state index is 0.150. The van der Waals surface area contributed by atoms with Gasteiger partial charge in [-0.1, -0.05) is 12.1 Å². The van der Waals surface area contributed by atoms with Gasteiger partial charge in [0, 0.05) is 6.54 Å². The van der Waals surface area contributed by atoms with E-state index in [4.69, 9.17) is 5.11 Å². The van der Waals surface area contributed by atoms with Gasteiger partial charge >= 0.3 is 0 Å². The Bertz CT molecular complexity index is 496. The van der Waals surface area contributed by atoms with Gasteiger partial charge in [0.15, 0.2) is 0 Å². The molecular weight excluding hydrogens is 270 g/mol. The molecule has 0 bridgehead atoms. The number of benzene rings is 1. The molecule has 0 saturated carbocycles. The molecule has 2 N–H and O–H groups in total. The lowest BCUT2D eigenvalue weighted by molar-refractivity contribution is 0.281. The molecular formula is C12H17NO3S2. The Labute approximate surface area is 112 Å². The van der Waals surface area contributed by atoms with Crippen molar-refractivity contribution in [2.75, 3.05) is 18.1 Å². The van der Waals surface area contributed by atoms with Gasteiger partial charge in [0.25, 0.3) is 0 Å². The molecule has 1 atom stereocenters. The molecule has 1 heterocycles. The molecule has 0 radical (unpaired) electrons. The van der Waals surface area contributed by atoms with E-state index in [2.05, 4.69) is 4.72 Å². The van der Waals surface area contributed by atoms with Crippen LogP contribution in [-0.4, -0.2) is 31.6 Å². The molecule has 0 aliphatic carbocycles. The molecule has 100 valence electrons. The van der Waals surface area contributed by atoms with Crippen LogP contribution >= 0.6 is 11.8 Å². The SMILES string of the molecule is O=S(=O)(NCC1CCSC1)c1cccc(CO)c1. The van der Waals surface area contributed by atoms with Gasteiger partial charge in [0.2, 0.25) is 10.0 Å². The normalized spacial score (nSPS) is 20.2. The lowest BCUT2D eigenvalue weighted by Gasteiger charge is -2.11. The summed E-state index contributed by atoms with van der Waals surface area (Å²) >= 11 is 1.87. The molecule has 0 spiro atoms. The van der Waals surface area contributed by atoms with E-state index < -0.39 is 10.0 Å². The van der Waals surface area contributed by atoms with E-state index in [1.54, 1.807) is 18.2 Å². The number of aliphatic hydroxyl groups excluding tert-OH is 1. The molecule has 0 aromatic heterocycles. The summed E-state index contributed by atoms with van der Waals surface area (Å²) in [4.78, 5) is 0.222. The van der Waals surface area contributed by atoms with Gasteiger partial charge in [0.1, 0.15) is 0 Å². The van der Waals surface area contributed by atoms with Crippen LogP contribution in [0.2, 0.25) is 0 Å². The minimum Gasteiger partial charge on any atom is -0.392 e. The van der Waals surface area contributed by atoms with Crippen molar-refractivity contribution in [3.63, 3.8) is 0 Å².